The second-order valence-corrected chi connectivity index (χ2v) is 5.48. The van der Waals surface area contributed by atoms with Crippen molar-refractivity contribution < 1.29 is 4.74 Å². The van der Waals surface area contributed by atoms with Gasteiger partial charge in [-0.25, -0.2) is 0 Å². The van der Waals surface area contributed by atoms with Crippen LogP contribution < -0.4 is 10.5 Å². The van der Waals surface area contributed by atoms with Crippen molar-refractivity contribution in [3.05, 3.63) is 28.8 Å². The van der Waals surface area contributed by atoms with Gasteiger partial charge in [-0.15, -0.1) is 0 Å². The Hall–Kier alpha value is -1.02. The molecule has 1 aromatic carbocycles. The van der Waals surface area contributed by atoms with Crippen molar-refractivity contribution in [2.24, 2.45) is 11.7 Å². The largest absolute Gasteiger partial charge is 0.496 e. The summed E-state index contributed by atoms with van der Waals surface area (Å²) in [5.41, 5.74) is 10.1. The first-order valence-electron chi connectivity index (χ1n) is 6.86. The average molecular weight is 249 g/mol. The van der Waals surface area contributed by atoms with Crippen LogP contribution in [0, 0.1) is 19.8 Å². The summed E-state index contributed by atoms with van der Waals surface area (Å²) in [6.07, 6.45) is 3.37. The van der Waals surface area contributed by atoms with Gasteiger partial charge < -0.3 is 10.5 Å². The van der Waals surface area contributed by atoms with E-state index in [1.165, 1.54) is 16.7 Å². The smallest absolute Gasteiger partial charge is 0.122 e. The minimum Gasteiger partial charge on any atom is -0.496 e. The number of ether oxygens (including phenoxy) is 1. The zero-order chi connectivity index (χ0) is 13.7. The number of nitrogens with two attached hydrogens (primary N) is 1. The summed E-state index contributed by atoms with van der Waals surface area (Å²) < 4.78 is 5.33. The Bertz CT molecular complexity index is 385. The number of hydrogen-bond donors (Lipinski definition) is 1. The highest BCUT2D eigenvalue weighted by Gasteiger charge is 2.09. The fourth-order valence-electron chi connectivity index (χ4n) is 2.21. The predicted octanol–water partition coefficient (Wildman–Crippen LogP) is 3.62. The Morgan fingerprint density at radius 2 is 1.83 bits per heavy atom. The lowest BCUT2D eigenvalue weighted by Gasteiger charge is -2.16. The van der Waals surface area contributed by atoms with Crippen molar-refractivity contribution >= 4 is 0 Å². The van der Waals surface area contributed by atoms with Crippen LogP contribution in [0.1, 0.15) is 43.4 Å². The van der Waals surface area contributed by atoms with E-state index in [2.05, 4.69) is 39.8 Å². The zero-order valence-electron chi connectivity index (χ0n) is 12.4. The molecule has 2 N–H and O–H groups in total. The standard InChI is InChI=1S/C16H27NO/c1-11(2)15(17)8-6-7-14-9-10-16(18-5)13(4)12(14)3/h9-11,15H,6-8,17H2,1-5H3. The van der Waals surface area contributed by atoms with Crippen LogP contribution in [0.15, 0.2) is 12.1 Å². The first kappa shape index (κ1) is 15.0. The normalized spacial score (nSPS) is 12.8. The molecule has 0 aliphatic rings. The van der Waals surface area contributed by atoms with Gasteiger partial charge in [0.2, 0.25) is 0 Å². The third-order valence-corrected chi connectivity index (χ3v) is 3.91. The van der Waals surface area contributed by atoms with E-state index in [1.54, 1.807) is 7.11 Å². The molecule has 0 heterocycles. The average Bonchev–Trinajstić information content (AvgIpc) is 2.34. The van der Waals surface area contributed by atoms with E-state index in [4.69, 9.17) is 10.5 Å². The lowest BCUT2D eigenvalue weighted by Crippen LogP contribution is -2.26. The van der Waals surface area contributed by atoms with Crippen LogP contribution in [0.4, 0.5) is 0 Å². The molecule has 0 aliphatic carbocycles. The van der Waals surface area contributed by atoms with E-state index in [9.17, 15) is 0 Å². The van der Waals surface area contributed by atoms with Gasteiger partial charge in [-0.2, -0.15) is 0 Å². The SMILES string of the molecule is COc1ccc(CCCC(N)C(C)C)c(C)c1C. The first-order chi connectivity index (χ1) is 8.47. The molecule has 1 atom stereocenters. The monoisotopic (exact) mass is 249 g/mol. The van der Waals surface area contributed by atoms with E-state index in [1.807, 2.05) is 0 Å². The van der Waals surface area contributed by atoms with Crippen molar-refractivity contribution in [2.45, 2.75) is 53.0 Å². The Balaban J connectivity index is 2.61. The maximum absolute atomic E-state index is 6.07. The molecular weight excluding hydrogens is 222 g/mol. The van der Waals surface area contributed by atoms with E-state index in [0.717, 1.165) is 25.0 Å². The van der Waals surface area contributed by atoms with Gasteiger partial charge in [-0.05, 0) is 61.8 Å². The van der Waals surface area contributed by atoms with Crippen LogP contribution in [0.2, 0.25) is 0 Å². The van der Waals surface area contributed by atoms with E-state index < -0.39 is 0 Å². The molecule has 102 valence electrons. The second kappa shape index (κ2) is 6.79. The van der Waals surface area contributed by atoms with Crippen molar-refractivity contribution in [3.63, 3.8) is 0 Å². The highest BCUT2D eigenvalue weighted by atomic mass is 16.5. The van der Waals surface area contributed by atoms with Crippen LogP contribution in [-0.2, 0) is 6.42 Å². The number of aryl methyl sites for hydroxylation is 1. The van der Waals surface area contributed by atoms with Gasteiger partial charge in [0.25, 0.3) is 0 Å². The summed E-state index contributed by atoms with van der Waals surface area (Å²) in [6, 6.07) is 4.58. The highest BCUT2D eigenvalue weighted by Crippen LogP contribution is 2.25. The summed E-state index contributed by atoms with van der Waals surface area (Å²) in [7, 11) is 1.73. The molecule has 2 nitrogen and oxygen atoms in total. The van der Waals surface area contributed by atoms with Crippen LogP contribution in [0.25, 0.3) is 0 Å². The van der Waals surface area contributed by atoms with Gasteiger partial charge in [-0.3, -0.25) is 0 Å². The Morgan fingerprint density at radius 3 is 2.39 bits per heavy atom. The van der Waals surface area contributed by atoms with Crippen molar-refractivity contribution in [1.29, 1.82) is 0 Å². The number of hydrogen-bond acceptors (Lipinski definition) is 2. The summed E-state index contributed by atoms with van der Waals surface area (Å²) in [4.78, 5) is 0. The second-order valence-electron chi connectivity index (χ2n) is 5.48. The number of benzene rings is 1. The molecule has 1 rings (SSSR count). The summed E-state index contributed by atoms with van der Waals surface area (Å²) in [5, 5.41) is 0. The highest BCUT2D eigenvalue weighted by molar-refractivity contribution is 5.43. The van der Waals surface area contributed by atoms with Gasteiger partial charge >= 0.3 is 0 Å². The third kappa shape index (κ3) is 3.74. The van der Waals surface area contributed by atoms with Gasteiger partial charge in [0, 0.05) is 6.04 Å². The van der Waals surface area contributed by atoms with E-state index >= 15 is 0 Å². The Kier molecular flexibility index (Phi) is 5.67. The minimum absolute atomic E-state index is 0.324. The van der Waals surface area contributed by atoms with Gasteiger partial charge in [0.1, 0.15) is 5.75 Å². The maximum Gasteiger partial charge on any atom is 0.122 e. The molecule has 0 bridgehead atoms. The topological polar surface area (TPSA) is 35.2 Å². The molecule has 0 aromatic heterocycles. The number of rotatable bonds is 6. The van der Waals surface area contributed by atoms with Crippen LogP contribution >= 0.6 is 0 Å². The van der Waals surface area contributed by atoms with Crippen molar-refractivity contribution in [3.8, 4) is 5.75 Å². The molecule has 0 amide bonds. The molecule has 1 unspecified atom stereocenters. The minimum atomic E-state index is 0.324. The predicted molar refractivity (Wildman–Crippen MR) is 78.2 cm³/mol. The molecule has 1 aromatic rings. The van der Waals surface area contributed by atoms with Gasteiger partial charge in [-0.1, -0.05) is 19.9 Å². The molecule has 0 fully saturated rings. The summed E-state index contributed by atoms with van der Waals surface area (Å²) >= 11 is 0. The molecule has 0 radical (unpaired) electrons. The fraction of sp³-hybridized carbons (Fsp3) is 0.625. The zero-order valence-corrected chi connectivity index (χ0v) is 12.4. The van der Waals surface area contributed by atoms with Crippen LogP contribution in [-0.4, -0.2) is 13.2 Å². The molecule has 0 aliphatic heterocycles. The van der Waals surface area contributed by atoms with Crippen LogP contribution in [0.5, 0.6) is 5.75 Å². The summed E-state index contributed by atoms with van der Waals surface area (Å²) in [6.45, 7) is 8.67. The number of methoxy groups -OCH3 is 1. The maximum atomic E-state index is 6.07. The third-order valence-electron chi connectivity index (χ3n) is 3.91. The summed E-state index contributed by atoms with van der Waals surface area (Å²) in [5.74, 6) is 1.55. The van der Waals surface area contributed by atoms with Crippen LogP contribution in [0.3, 0.4) is 0 Å². The first-order valence-corrected chi connectivity index (χ1v) is 6.86. The fourth-order valence-corrected chi connectivity index (χ4v) is 2.21. The van der Waals surface area contributed by atoms with Crippen molar-refractivity contribution in [1.82, 2.24) is 0 Å². The molecule has 2 heteroatoms. The molecule has 0 saturated carbocycles. The Morgan fingerprint density at radius 1 is 1.17 bits per heavy atom. The van der Waals surface area contributed by atoms with E-state index in [0.29, 0.717) is 12.0 Å². The lowest BCUT2D eigenvalue weighted by molar-refractivity contribution is 0.411. The quantitative estimate of drug-likeness (QED) is 0.835. The van der Waals surface area contributed by atoms with Gasteiger partial charge in [0.05, 0.1) is 7.11 Å². The Labute approximate surface area is 112 Å². The van der Waals surface area contributed by atoms with Gasteiger partial charge in [0.15, 0.2) is 0 Å². The molecule has 0 saturated heterocycles. The molecule has 0 spiro atoms. The lowest BCUT2D eigenvalue weighted by atomic mass is 9.94. The molecular formula is C16H27NO. The van der Waals surface area contributed by atoms with E-state index in [-0.39, 0.29) is 0 Å². The van der Waals surface area contributed by atoms with Crippen molar-refractivity contribution in [2.75, 3.05) is 7.11 Å². The molecule has 18 heavy (non-hydrogen) atoms.